The largest absolute Gasteiger partial charge is 0.493 e. The number of carbonyl (C=O) groups is 1. The number of nitrogens with zero attached hydrogens (tertiary/aromatic N) is 2. The molecule has 1 aromatic carbocycles. The topological polar surface area (TPSA) is 130 Å². The number of carbonyl (C=O) groups excluding carboxylic acids is 1. The van der Waals surface area contributed by atoms with Gasteiger partial charge in [-0.3, -0.25) is 4.79 Å². The molecule has 0 aliphatic rings. The fourth-order valence-electron chi connectivity index (χ4n) is 2.61. The molecule has 0 bridgehead atoms. The molecule has 0 atom stereocenters. The first-order valence-electron chi connectivity index (χ1n) is 8.20. The Morgan fingerprint density at radius 2 is 1.96 bits per heavy atom. The van der Waals surface area contributed by atoms with E-state index in [1.807, 2.05) is 6.07 Å². The number of aromatic amines is 1. The summed E-state index contributed by atoms with van der Waals surface area (Å²) in [6.45, 7) is -0.736. The highest BCUT2D eigenvalue weighted by Crippen LogP contribution is 2.32. The monoisotopic (exact) mass is 372 g/mol. The minimum atomic E-state index is -0.746. The maximum absolute atomic E-state index is 12.4. The number of aromatic nitrogens is 3. The average molecular weight is 372 g/mol. The molecule has 0 fully saturated rings. The molecule has 0 saturated heterocycles. The van der Waals surface area contributed by atoms with Gasteiger partial charge in [0, 0.05) is 11.8 Å². The van der Waals surface area contributed by atoms with Crippen LogP contribution in [0.4, 0.5) is 0 Å². The predicted molar refractivity (Wildman–Crippen MR) is 97.9 cm³/mol. The van der Waals surface area contributed by atoms with Crippen LogP contribution in [0.25, 0.3) is 22.4 Å². The van der Waals surface area contributed by atoms with Crippen LogP contribution in [0.3, 0.4) is 0 Å². The molecule has 0 unspecified atom stereocenters. The summed E-state index contributed by atoms with van der Waals surface area (Å²) in [5.74, 6) is 0.682. The van der Waals surface area contributed by atoms with Crippen LogP contribution in [0.1, 0.15) is 10.4 Å². The van der Waals surface area contributed by atoms with Crippen LogP contribution < -0.4 is 14.8 Å². The number of methoxy groups -OCH3 is 2. The third-order valence-corrected chi connectivity index (χ3v) is 4.08. The number of rotatable bonds is 7. The first-order chi connectivity index (χ1) is 13.1. The average Bonchev–Trinajstić information content (AvgIpc) is 3.14. The zero-order valence-corrected chi connectivity index (χ0v) is 14.9. The second kappa shape index (κ2) is 8.02. The Labute approximate surface area is 155 Å². The SMILES string of the molecule is COc1ccc(-c2cnc3[nH]cc(C(=O)NC(CO)CO)c3n2)cc1OC. The zero-order chi connectivity index (χ0) is 19.4. The van der Waals surface area contributed by atoms with Gasteiger partial charge in [-0.2, -0.15) is 0 Å². The Bertz CT molecular complexity index is 952. The highest BCUT2D eigenvalue weighted by Gasteiger charge is 2.18. The molecule has 0 aliphatic carbocycles. The van der Waals surface area contributed by atoms with Gasteiger partial charge in [0.25, 0.3) is 5.91 Å². The predicted octanol–water partition coefficient (Wildman–Crippen LogP) is 0.725. The van der Waals surface area contributed by atoms with Gasteiger partial charge < -0.3 is 30.0 Å². The van der Waals surface area contributed by atoms with E-state index in [2.05, 4.69) is 20.3 Å². The highest BCUT2D eigenvalue weighted by atomic mass is 16.5. The number of aliphatic hydroxyl groups is 2. The Morgan fingerprint density at radius 1 is 1.22 bits per heavy atom. The lowest BCUT2D eigenvalue weighted by atomic mass is 10.1. The Kier molecular flexibility index (Phi) is 5.53. The number of hydrogen-bond acceptors (Lipinski definition) is 7. The van der Waals surface area contributed by atoms with Crippen LogP contribution in [0.5, 0.6) is 11.5 Å². The first kappa shape index (κ1) is 18.6. The summed E-state index contributed by atoms with van der Waals surface area (Å²) in [6, 6.07) is 4.60. The number of amides is 1. The zero-order valence-electron chi connectivity index (χ0n) is 14.9. The summed E-state index contributed by atoms with van der Waals surface area (Å²) in [5, 5.41) is 20.8. The molecule has 3 rings (SSSR count). The van der Waals surface area contributed by atoms with Crippen molar-refractivity contribution in [2.45, 2.75) is 6.04 Å². The van der Waals surface area contributed by atoms with Gasteiger partial charge in [0.05, 0.1) is 50.9 Å². The van der Waals surface area contributed by atoms with Crippen LogP contribution in [0.2, 0.25) is 0 Å². The fraction of sp³-hybridized carbons (Fsp3) is 0.278. The number of H-pyrrole nitrogens is 1. The normalized spacial score (nSPS) is 11.0. The molecule has 3 aromatic rings. The second-order valence-electron chi connectivity index (χ2n) is 5.76. The van der Waals surface area contributed by atoms with Crippen molar-refractivity contribution in [3.8, 4) is 22.8 Å². The first-order valence-corrected chi connectivity index (χ1v) is 8.20. The van der Waals surface area contributed by atoms with E-state index in [0.29, 0.717) is 28.4 Å². The van der Waals surface area contributed by atoms with Crippen LogP contribution in [-0.4, -0.2) is 64.5 Å². The minimum Gasteiger partial charge on any atom is -0.493 e. The van der Waals surface area contributed by atoms with E-state index in [-0.39, 0.29) is 18.8 Å². The van der Waals surface area contributed by atoms with E-state index in [1.165, 1.54) is 6.20 Å². The van der Waals surface area contributed by atoms with Crippen molar-refractivity contribution >= 4 is 17.1 Å². The Morgan fingerprint density at radius 3 is 2.63 bits per heavy atom. The summed E-state index contributed by atoms with van der Waals surface area (Å²) >= 11 is 0. The Balaban J connectivity index is 1.99. The third kappa shape index (κ3) is 3.69. The molecule has 142 valence electrons. The number of fused-ring (bicyclic) bond motifs is 1. The molecule has 0 radical (unpaired) electrons. The summed E-state index contributed by atoms with van der Waals surface area (Å²) in [7, 11) is 3.10. The summed E-state index contributed by atoms with van der Waals surface area (Å²) in [5.41, 5.74) is 2.41. The van der Waals surface area contributed by atoms with E-state index >= 15 is 0 Å². The number of aliphatic hydroxyl groups excluding tert-OH is 2. The minimum absolute atomic E-state index is 0.270. The van der Waals surface area contributed by atoms with Crippen LogP contribution in [0.15, 0.2) is 30.6 Å². The van der Waals surface area contributed by atoms with Gasteiger partial charge in [-0.1, -0.05) is 0 Å². The number of ether oxygens (including phenoxy) is 2. The van der Waals surface area contributed by atoms with E-state index < -0.39 is 11.9 Å². The molecule has 1 amide bonds. The van der Waals surface area contributed by atoms with Gasteiger partial charge in [0.1, 0.15) is 5.52 Å². The van der Waals surface area contributed by atoms with E-state index in [9.17, 15) is 4.79 Å². The fourth-order valence-corrected chi connectivity index (χ4v) is 2.61. The maximum Gasteiger partial charge on any atom is 0.255 e. The van der Waals surface area contributed by atoms with Crippen LogP contribution in [-0.2, 0) is 0 Å². The smallest absolute Gasteiger partial charge is 0.255 e. The van der Waals surface area contributed by atoms with Gasteiger partial charge in [0.15, 0.2) is 17.1 Å². The molecule has 2 aromatic heterocycles. The van der Waals surface area contributed by atoms with Crippen molar-refractivity contribution in [2.75, 3.05) is 27.4 Å². The van der Waals surface area contributed by atoms with Crippen LogP contribution in [0, 0.1) is 0 Å². The number of hydrogen-bond donors (Lipinski definition) is 4. The van der Waals surface area contributed by atoms with E-state index in [1.54, 1.807) is 32.5 Å². The molecule has 2 heterocycles. The maximum atomic E-state index is 12.4. The lowest BCUT2D eigenvalue weighted by Gasteiger charge is -2.12. The van der Waals surface area contributed by atoms with Crippen molar-refractivity contribution in [1.82, 2.24) is 20.3 Å². The lowest BCUT2D eigenvalue weighted by Crippen LogP contribution is -2.40. The van der Waals surface area contributed by atoms with E-state index in [0.717, 1.165) is 5.56 Å². The van der Waals surface area contributed by atoms with Gasteiger partial charge in [0.2, 0.25) is 0 Å². The van der Waals surface area contributed by atoms with Crippen molar-refractivity contribution in [1.29, 1.82) is 0 Å². The van der Waals surface area contributed by atoms with Gasteiger partial charge >= 0.3 is 0 Å². The van der Waals surface area contributed by atoms with Gasteiger partial charge in [-0.15, -0.1) is 0 Å². The molecule has 4 N–H and O–H groups in total. The molecular formula is C18H20N4O5. The summed E-state index contributed by atoms with van der Waals surface area (Å²) < 4.78 is 10.5. The number of nitrogens with one attached hydrogen (secondary N) is 2. The summed E-state index contributed by atoms with van der Waals surface area (Å²) in [4.78, 5) is 24.2. The highest BCUT2D eigenvalue weighted by molar-refractivity contribution is 6.04. The van der Waals surface area contributed by atoms with Crippen LogP contribution >= 0.6 is 0 Å². The molecular weight excluding hydrogens is 352 g/mol. The lowest BCUT2D eigenvalue weighted by molar-refractivity contribution is 0.0881. The van der Waals surface area contributed by atoms with Crippen molar-refractivity contribution in [3.63, 3.8) is 0 Å². The second-order valence-corrected chi connectivity index (χ2v) is 5.76. The third-order valence-electron chi connectivity index (χ3n) is 4.08. The Hall–Kier alpha value is -3.17. The van der Waals surface area contributed by atoms with Crippen molar-refractivity contribution in [3.05, 3.63) is 36.2 Å². The summed E-state index contributed by atoms with van der Waals surface area (Å²) in [6.07, 6.45) is 3.08. The molecule has 0 aliphatic heterocycles. The van der Waals surface area contributed by atoms with Gasteiger partial charge in [-0.25, -0.2) is 9.97 Å². The van der Waals surface area contributed by atoms with Gasteiger partial charge in [-0.05, 0) is 18.2 Å². The van der Waals surface area contributed by atoms with Crippen molar-refractivity contribution in [2.24, 2.45) is 0 Å². The molecule has 27 heavy (non-hydrogen) atoms. The van der Waals surface area contributed by atoms with E-state index in [4.69, 9.17) is 19.7 Å². The number of benzene rings is 1. The van der Waals surface area contributed by atoms with Crippen molar-refractivity contribution < 1.29 is 24.5 Å². The molecule has 9 nitrogen and oxygen atoms in total. The molecule has 0 saturated carbocycles. The standard InChI is InChI=1S/C18H20N4O5/c1-26-14-4-3-10(5-15(14)27-2)13-7-20-17-16(22-13)12(6-19-17)18(25)21-11(8-23)9-24/h3-7,11,23-24H,8-9H2,1-2H3,(H,19,20)(H,21,25). The quantitative estimate of drug-likeness (QED) is 0.481. The molecule has 9 heteroatoms. The molecule has 0 spiro atoms.